The van der Waals surface area contributed by atoms with Crippen molar-refractivity contribution in [2.75, 3.05) is 20.2 Å². The summed E-state index contributed by atoms with van der Waals surface area (Å²) in [4.78, 5) is 12.2. The van der Waals surface area contributed by atoms with Gasteiger partial charge < -0.3 is 15.4 Å². The van der Waals surface area contributed by atoms with Gasteiger partial charge in [-0.15, -0.1) is 12.4 Å². The third-order valence-corrected chi connectivity index (χ3v) is 3.24. The van der Waals surface area contributed by atoms with Gasteiger partial charge in [-0.1, -0.05) is 18.2 Å². The minimum atomic E-state index is 0. The molecule has 1 fully saturated rings. The zero-order chi connectivity index (χ0) is 12.8. The van der Waals surface area contributed by atoms with Gasteiger partial charge in [0, 0.05) is 18.7 Å². The molecule has 1 saturated heterocycles. The summed E-state index contributed by atoms with van der Waals surface area (Å²) >= 11 is 0. The molecule has 0 aromatic heterocycles. The van der Waals surface area contributed by atoms with Crippen molar-refractivity contribution in [2.45, 2.75) is 25.5 Å². The number of nitrogens with one attached hydrogen (secondary N) is 2. The Kier molecular flexibility index (Phi) is 6.84. The third-order valence-electron chi connectivity index (χ3n) is 3.24. The zero-order valence-electron chi connectivity index (χ0n) is 11.1. The Morgan fingerprint density at radius 3 is 2.74 bits per heavy atom. The molecule has 0 aliphatic carbocycles. The minimum absolute atomic E-state index is 0. The first-order valence-electron chi connectivity index (χ1n) is 6.39. The molecule has 1 aliphatic rings. The van der Waals surface area contributed by atoms with Gasteiger partial charge in [-0.3, -0.25) is 4.79 Å². The molecule has 106 valence electrons. The Morgan fingerprint density at radius 2 is 2.05 bits per heavy atom. The molecule has 1 aliphatic heterocycles. The summed E-state index contributed by atoms with van der Waals surface area (Å²) in [5.41, 5.74) is 1.66. The molecule has 1 aromatic rings. The van der Waals surface area contributed by atoms with Crippen LogP contribution in [0.4, 0.5) is 0 Å². The van der Waals surface area contributed by atoms with Gasteiger partial charge in [-0.05, 0) is 37.6 Å². The van der Waals surface area contributed by atoms with E-state index in [4.69, 9.17) is 4.74 Å². The van der Waals surface area contributed by atoms with Gasteiger partial charge in [0.05, 0.1) is 6.61 Å². The van der Waals surface area contributed by atoms with Crippen LogP contribution in [0.2, 0.25) is 0 Å². The van der Waals surface area contributed by atoms with Crippen molar-refractivity contribution in [3.05, 3.63) is 35.4 Å². The lowest BCUT2D eigenvalue weighted by Crippen LogP contribution is -2.42. The van der Waals surface area contributed by atoms with Gasteiger partial charge >= 0.3 is 0 Å². The lowest BCUT2D eigenvalue weighted by atomic mass is 10.0. The van der Waals surface area contributed by atoms with Crippen LogP contribution >= 0.6 is 12.4 Å². The Labute approximate surface area is 120 Å². The minimum Gasteiger partial charge on any atom is -0.380 e. The van der Waals surface area contributed by atoms with Gasteiger partial charge in [0.2, 0.25) is 0 Å². The molecule has 0 radical (unpaired) electrons. The van der Waals surface area contributed by atoms with Crippen molar-refractivity contribution in [3.8, 4) is 0 Å². The molecule has 2 N–H and O–H groups in total. The van der Waals surface area contributed by atoms with Gasteiger partial charge in [0.25, 0.3) is 5.91 Å². The lowest BCUT2D eigenvalue weighted by Gasteiger charge is -2.24. The number of halogens is 1. The third kappa shape index (κ3) is 4.49. The highest BCUT2D eigenvalue weighted by Crippen LogP contribution is 2.11. The van der Waals surface area contributed by atoms with Crippen LogP contribution in [-0.2, 0) is 11.3 Å². The molecule has 1 amide bonds. The van der Waals surface area contributed by atoms with Crippen molar-refractivity contribution in [2.24, 2.45) is 0 Å². The molecule has 19 heavy (non-hydrogen) atoms. The second kappa shape index (κ2) is 8.15. The van der Waals surface area contributed by atoms with Crippen molar-refractivity contribution < 1.29 is 9.53 Å². The summed E-state index contributed by atoms with van der Waals surface area (Å²) in [5, 5.41) is 6.39. The number of hydrogen-bond acceptors (Lipinski definition) is 3. The molecule has 0 bridgehead atoms. The normalized spacial score (nSPS) is 15.6. The van der Waals surface area contributed by atoms with E-state index >= 15 is 0 Å². The summed E-state index contributed by atoms with van der Waals surface area (Å²) in [7, 11) is 1.64. The van der Waals surface area contributed by atoms with Crippen LogP contribution in [0.1, 0.15) is 28.8 Å². The van der Waals surface area contributed by atoms with Gasteiger partial charge in [0.1, 0.15) is 0 Å². The summed E-state index contributed by atoms with van der Waals surface area (Å²) in [5.74, 6) is 0.00884. The molecule has 1 heterocycles. The van der Waals surface area contributed by atoms with E-state index in [0.717, 1.165) is 37.1 Å². The molecule has 0 atom stereocenters. The van der Waals surface area contributed by atoms with Crippen molar-refractivity contribution in [3.63, 3.8) is 0 Å². The number of ether oxygens (including phenoxy) is 1. The maximum atomic E-state index is 12.2. The predicted octanol–water partition coefficient (Wildman–Crippen LogP) is 1.74. The summed E-state index contributed by atoms with van der Waals surface area (Å²) in [6.45, 7) is 2.42. The first kappa shape index (κ1) is 16.0. The van der Waals surface area contributed by atoms with E-state index in [1.807, 2.05) is 24.3 Å². The van der Waals surface area contributed by atoms with Crippen LogP contribution in [0.15, 0.2) is 24.3 Å². The maximum absolute atomic E-state index is 12.2. The Morgan fingerprint density at radius 1 is 1.37 bits per heavy atom. The molecule has 0 spiro atoms. The summed E-state index contributed by atoms with van der Waals surface area (Å²) in [6, 6.07) is 7.88. The smallest absolute Gasteiger partial charge is 0.251 e. The van der Waals surface area contributed by atoms with E-state index in [1.165, 1.54) is 0 Å². The van der Waals surface area contributed by atoms with Crippen LogP contribution in [0.5, 0.6) is 0 Å². The predicted molar refractivity (Wildman–Crippen MR) is 77.8 cm³/mol. The topological polar surface area (TPSA) is 50.4 Å². The Bertz CT molecular complexity index is 406. The van der Waals surface area contributed by atoms with Crippen LogP contribution in [0.3, 0.4) is 0 Å². The highest BCUT2D eigenvalue weighted by atomic mass is 35.5. The second-order valence-corrected chi connectivity index (χ2v) is 4.59. The maximum Gasteiger partial charge on any atom is 0.251 e. The molecule has 4 nitrogen and oxygen atoms in total. The fourth-order valence-corrected chi connectivity index (χ4v) is 2.25. The highest BCUT2D eigenvalue weighted by Gasteiger charge is 2.17. The fraction of sp³-hybridized carbons (Fsp3) is 0.500. The van der Waals surface area contributed by atoms with Crippen LogP contribution in [-0.4, -0.2) is 32.1 Å². The van der Waals surface area contributed by atoms with E-state index < -0.39 is 0 Å². The van der Waals surface area contributed by atoms with E-state index in [0.29, 0.717) is 6.61 Å². The monoisotopic (exact) mass is 284 g/mol. The number of piperidine rings is 1. The van der Waals surface area contributed by atoms with Crippen LogP contribution < -0.4 is 10.6 Å². The number of carbonyl (C=O) groups excluding carboxylic acids is 1. The fourth-order valence-electron chi connectivity index (χ4n) is 2.25. The number of benzene rings is 1. The molecule has 0 saturated carbocycles. The van der Waals surface area contributed by atoms with E-state index in [9.17, 15) is 4.79 Å². The van der Waals surface area contributed by atoms with Crippen molar-refractivity contribution in [1.29, 1.82) is 0 Å². The summed E-state index contributed by atoms with van der Waals surface area (Å²) in [6.07, 6.45) is 2.00. The number of rotatable bonds is 4. The van der Waals surface area contributed by atoms with Crippen molar-refractivity contribution in [1.82, 2.24) is 10.6 Å². The lowest BCUT2D eigenvalue weighted by molar-refractivity contribution is 0.0924. The van der Waals surface area contributed by atoms with E-state index in [2.05, 4.69) is 10.6 Å². The van der Waals surface area contributed by atoms with E-state index in [-0.39, 0.29) is 24.4 Å². The quantitative estimate of drug-likeness (QED) is 0.885. The first-order valence-corrected chi connectivity index (χ1v) is 6.39. The second-order valence-electron chi connectivity index (χ2n) is 4.59. The molecule has 1 aromatic carbocycles. The summed E-state index contributed by atoms with van der Waals surface area (Å²) < 4.78 is 5.12. The SMILES string of the molecule is COCc1ccccc1C(=O)NC1CCNCC1.Cl. The average molecular weight is 285 g/mol. The number of carbonyl (C=O) groups is 1. The number of hydrogen-bond donors (Lipinski definition) is 2. The van der Waals surface area contributed by atoms with Crippen LogP contribution in [0.25, 0.3) is 0 Å². The zero-order valence-corrected chi connectivity index (χ0v) is 12.0. The number of amides is 1. The standard InChI is InChI=1S/C14H20N2O2.ClH/c1-18-10-11-4-2-3-5-13(11)14(17)16-12-6-8-15-9-7-12;/h2-5,12,15H,6-10H2,1H3,(H,16,17);1H. The molecule has 2 rings (SSSR count). The van der Waals surface area contributed by atoms with E-state index in [1.54, 1.807) is 7.11 Å². The first-order chi connectivity index (χ1) is 8.81. The van der Waals surface area contributed by atoms with Gasteiger partial charge in [-0.25, -0.2) is 0 Å². The molecule has 5 heteroatoms. The number of methoxy groups -OCH3 is 1. The van der Waals surface area contributed by atoms with Crippen LogP contribution in [0, 0.1) is 0 Å². The average Bonchev–Trinajstić information content (AvgIpc) is 2.41. The van der Waals surface area contributed by atoms with Gasteiger partial charge in [0.15, 0.2) is 0 Å². The highest BCUT2D eigenvalue weighted by molar-refractivity contribution is 5.95. The van der Waals surface area contributed by atoms with Crippen molar-refractivity contribution >= 4 is 18.3 Å². The molecular formula is C14H21ClN2O2. The Hall–Kier alpha value is -1.10. The van der Waals surface area contributed by atoms with Gasteiger partial charge in [-0.2, -0.15) is 0 Å². The molecular weight excluding hydrogens is 264 g/mol. The Balaban J connectivity index is 0.00000180. The largest absolute Gasteiger partial charge is 0.380 e. The molecule has 0 unspecified atom stereocenters.